The second kappa shape index (κ2) is 8.38. The number of aromatic amines is 1. The molecule has 0 saturated carbocycles. The number of halogens is 1. The number of carbonyl (C=O) groups is 1. The van der Waals surface area contributed by atoms with Gasteiger partial charge in [0, 0.05) is 27.6 Å². The van der Waals surface area contributed by atoms with Crippen molar-refractivity contribution in [1.82, 2.24) is 4.98 Å². The van der Waals surface area contributed by atoms with E-state index < -0.39 is 16.3 Å². The minimum atomic E-state index is -0.569. The maximum Gasteiger partial charge on any atom is 0.276 e. The lowest BCUT2D eigenvalue weighted by Gasteiger charge is -2.11. The molecule has 0 saturated heterocycles. The minimum Gasteiger partial charge on any atom is -0.321 e. The summed E-state index contributed by atoms with van der Waals surface area (Å²) >= 11 is 6.18. The molecule has 0 fully saturated rings. The average molecular weight is 431 g/mol. The number of nitrogens with zero attached hydrogens (tertiary/aromatic N) is 1. The van der Waals surface area contributed by atoms with Gasteiger partial charge in [0.2, 0.25) is 0 Å². The van der Waals surface area contributed by atoms with Gasteiger partial charge in [0.05, 0.1) is 16.1 Å². The second-order valence-corrected chi connectivity index (χ2v) is 7.21. The molecule has 1 aromatic heterocycles. The first-order valence-electron chi connectivity index (χ1n) is 9.32. The van der Waals surface area contributed by atoms with Crippen molar-refractivity contribution in [2.45, 2.75) is 0 Å². The standard InChI is InChI=1S/C24H15ClN2O4/c25-17-11-12-19-18(14-17)22(16-7-2-1-3-8-16)23(24(29)26-19)21(28)13-10-15-6-4-5-9-20(15)27(30)31/h1-14H,(H,26,29)/b13-10+. The second-order valence-electron chi connectivity index (χ2n) is 6.77. The molecule has 0 unspecified atom stereocenters. The summed E-state index contributed by atoms with van der Waals surface area (Å²) in [5, 5.41) is 12.3. The van der Waals surface area contributed by atoms with Crippen molar-refractivity contribution in [1.29, 1.82) is 0 Å². The van der Waals surface area contributed by atoms with Crippen LogP contribution in [0, 0.1) is 10.1 Å². The summed E-state index contributed by atoms with van der Waals surface area (Å²) in [5.41, 5.74) is 1.22. The fourth-order valence-corrected chi connectivity index (χ4v) is 3.62. The number of benzene rings is 3. The molecule has 0 spiro atoms. The summed E-state index contributed by atoms with van der Waals surface area (Å²) in [7, 11) is 0. The molecule has 0 bridgehead atoms. The summed E-state index contributed by atoms with van der Waals surface area (Å²) in [6.45, 7) is 0. The van der Waals surface area contributed by atoms with Crippen molar-refractivity contribution < 1.29 is 9.72 Å². The van der Waals surface area contributed by atoms with E-state index in [2.05, 4.69) is 4.98 Å². The highest BCUT2D eigenvalue weighted by Crippen LogP contribution is 2.31. The number of para-hydroxylation sites is 1. The highest BCUT2D eigenvalue weighted by atomic mass is 35.5. The number of nitro benzene ring substituents is 1. The zero-order chi connectivity index (χ0) is 22.0. The number of allylic oxidation sites excluding steroid dienone is 1. The van der Waals surface area contributed by atoms with Crippen molar-refractivity contribution in [3.05, 3.63) is 115 Å². The molecule has 0 amide bonds. The Bertz CT molecular complexity index is 1410. The van der Waals surface area contributed by atoms with Gasteiger partial charge in [-0.1, -0.05) is 54.1 Å². The fourth-order valence-electron chi connectivity index (χ4n) is 3.45. The molecule has 0 aliphatic heterocycles. The molecule has 3 aromatic carbocycles. The molecule has 7 heteroatoms. The Morgan fingerprint density at radius 1 is 1.00 bits per heavy atom. The predicted octanol–water partition coefficient (Wildman–Crippen LogP) is 5.65. The number of hydrogen-bond acceptors (Lipinski definition) is 4. The molecule has 0 radical (unpaired) electrons. The molecule has 0 aliphatic carbocycles. The molecular weight excluding hydrogens is 416 g/mol. The van der Waals surface area contributed by atoms with E-state index in [1.165, 1.54) is 24.3 Å². The Balaban J connectivity index is 1.92. The number of pyridine rings is 1. The van der Waals surface area contributed by atoms with E-state index in [9.17, 15) is 19.7 Å². The van der Waals surface area contributed by atoms with E-state index in [-0.39, 0.29) is 16.8 Å². The Morgan fingerprint density at radius 3 is 2.45 bits per heavy atom. The van der Waals surface area contributed by atoms with Crippen LogP contribution in [0.5, 0.6) is 0 Å². The van der Waals surface area contributed by atoms with Gasteiger partial charge in [0.15, 0.2) is 5.78 Å². The average Bonchev–Trinajstić information content (AvgIpc) is 2.77. The summed E-state index contributed by atoms with van der Waals surface area (Å²) in [6, 6.07) is 20.2. The first kappa shape index (κ1) is 20.3. The zero-order valence-corrected chi connectivity index (χ0v) is 16.8. The van der Waals surface area contributed by atoms with Crippen molar-refractivity contribution in [3.63, 3.8) is 0 Å². The third-order valence-electron chi connectivity index (χ3n) is 4.83. The van der Waals surface area contributed by atoms with E-state index in [0.717, 1.165) is 0 Å². The molecular formula is C24H15ClN2O4. The van der Waals surface area contributed by atoms with Crippen LogP contribution in [0.25, 0.3) is 28.1 Å². The molecule has 0 aliphatic rings. The van der Waals surface area contributed by atoms with Crippen molar-refractivity contribution in [2.24, 2.45) is 0 Å². The third kappa shape index (κ3) is 4.01. The normalized spacial score (nSPS) is 11.1. The Kier molecular flexibility index (Phi) is 5.47. The fraction of sp³-hybridized carbons (Fsp3) is 0. The first-order valence-corrected chi connectivity index (χ1v) is 9.70. The van der Waals surface area contributed by atoms with E-state index in [1.54, 1.807) is 42.5 Å². The number of H-pyrrole nitrogens is 1. The quantitative estimate of drug-likeness (QED) is 0.191. The molecule has 4 rings (SSSR count). The van der Waals surface area contributed by atoms with Gasteiger partial charge in [-0.15, -0.1) is 0 Å². The Labute approximate surface area is 181 Å². The number of carbonyl (C=O) groups excluding carboxylic acids is 1. The zero-order valence-electron chi connectivity index (χ0n) is 16.0. The van der Waals surface area contributed by atoms with Crippen molar-refractivity contribution in [3.8, 4) is 11.1 Å². The van der Waals surface area contributed by atoms with Crippen molar-refractivity contribution in [2.75, 3.05) is 0 Å². The summed E-state index contributed by atoms with van der Waals surface area (Å²) < 4.78 is 0. The number of nitro groups is 1. The number of hydrogen-bond donors (Lipinski definition) is 1. The van der Waals surface area contributed by atoms with E-state index >= 15 is 0 Å². The van der Waals surface area contributed by atoms with Crippen LogP contribution in [0.15, 0.2) is 83.7 Å². The van der Waals surface area contributed by atoms with Gasteiger partial charge in [-0.05, 0) is 42.0 Å². The molecule has 31 heavy (non-hydrogen) atoms. The van der Waals surface area contributed by atoms with Gasteiger partial charge in [0.1, 0.15) is 0 Å². The summed E-state index contributed by atoms with van der Waals surface area (Å²) in [6.07, 6.45) is 2.52. The molecule has 6 nitrogen and oxygen atoms in total. The number of aromatic nitrogens is 1. The van der Waals surface area contributed by atoms with Gasteiger partial charge < -0.3 is 4.98 Å². The number of fused-ring (bicyclic) bond motifs is 1. The lowest BCUT2D eigenvalue weighted by Crippen LogP contribution is -2.18. The Hall–Kier alpha value is -4.03. The van der Waals surface area contributed by atoms with Crippen LogP contribution < -0.4 is 5.56 Å². The summed E-state index contributed by atoms with van der Waals surface area (Å²) in [5.74, 6) is -0.569. The van der Waals surface area contributed by atoms with Crippen molar-refractivity contribution >= 4 is 40.1 Å². The molecule has 4 aromatic rings. The highest BCUT2D eigenvalue weighted by Gasteiger charge is 2.20. The van der Waals surface area contributed by atoms with Gasteiger partial charge in [-0.25, -0.2) is 0 Å². The van der Waals surface area contributed by atoms with Gasteiger partial charge in [-0.3, -0.25) is 19.7 Å². The number of ketones is 1. The molecule has 0 atom stereocenters. The monoisotopic (exact) mass is 430 g/mol. The van der Waals surface area contributed by atoms with E-state index in [1.807, 2.05) is 18.2 Å². The lowest BCUT2D eigenvalue weighted by atomic mass is 9.94. The van der Waals surface area contributed by atoms with Crippen LogP contribution >= 0.6 is 11.6 Å². The number of nitrogens with one attached hydrogen (secondary N) is 1. The van der Waals surface area contributed by atoms with Crippen LogP contribution in [-0.2, 0) is 0 Å². The third-order valence-corrected chi connectivity index (χ3v) is 5.07. The first-order chi connectivity index (χ1) is 15.0. The van der Waals surface area contributed by atoms with Crippen LogP contribution in [0.4, 0.5) is 5.69 Å². The van der Waals surface area contributed by atoms with Crippen LogP contribution in [0.1, 0.15) is 15.9 Å². The summed E-state index contributed by atoms with van der Waals surface area (Å²) in [4.78, 5) is 39.5. The van der Waals surface area contributed by atoms with Crippen LogP contribution in [-0.4, -0.2) is 15.7 Å². The number of rotatable bonds is 5. The van der Waals surface area contributed by atoms with Crippen LogP contribution in [0.3, 0.4) is 0 Å². The van der Waals surface area contributed by atoms with Gasteiger partial charge >= 0.3 is 0 Å². The Morgan fingerprint density at radius 2 is 1.71 bits per heavy atom. The lowest BCUT2D eigenvalue weighted by molar-refractivity contribution is -0.385. The topological polar surface area (TPSA) is 93.1 Å². The van der Waals surface area contributed by atoms with Crippen LogP contribution in [0.2, 0.25) is 5.02 Å². The largest absolute Gasteiger partial charge is 0.321 e. The molecule has 1 N–H and O–H groups in total. The smallest absolute Gasteiger partial charge is 0.276 e. The highest BCUT2D eigenvalue weighted by molar-refractivity contribution is 6.31. The van der Waals surface area contributed by atoms with Gasteiger partial charge in [-0.2, -0.15) is 0 Å². The van der Waals surface area contributed by atoms with Gasteiger partial charge in [0.25, 0.3) is 11.2 Å². The molecule has 152 valence electrons. The minimum absolute atomic E-state index is 0.0594. The van der Waals surface area contributed by atoms with E-state index in [0.29, 0.717) is 27.1 Å². The van der Waals surface area contributed by atoms with E-state index in [4.69, 9.17) is 11.6 Å². The maximum absolute atomic E-state index is 13.1. The predicted molar refractivity (Wildman–Crippen MR) is 121 cm³/mol. The SMILES string of the molecule is O=C(/C=C/c1ccccc1[N+](=O)[O-])c1c(-c2ccccc2)c2cc(Cl)ccc2[nH]c1=O. The molecule has 1 heterocycles. The maximum atomic E-state index is 13.1.